The van der Waals surface area contributed by atoms with Crippen molar-refractivity contribution >= 4 is 70.1 Å². The van der Waals surface area contributed by atoms with E-state index in [-0.39, 0.29) is 5.41 Å². The Morgan fingerprint density at radius 1 is 0.407 bits per heavy atom. The van der Waals surface area contributed by atoms with E-state index in [2.05, 4.69) is 217 Å². The zero-order chi connectivity index (χ0) is 38.7. The molecule has 9 aromatic carbocycles. The Kier molecular flexibility index (Phi) is 7.00. The summed E-state index contributed by atoms with van der Waals surface area (Å²) in [5, 5.41) is 7.66. The first-order valence-electron chi connectivity index (χ1n) is 20.7. The number of thiophene rings is 1. The van der Waals surface area contributed by atoms with Crippen LogP contribution in [0.15, 0.2) is 212 Å². The molecule has 0 saturated heterocycles. The van der Waals surface area contributed by atoms with Gasteiger partial charge in [-0.2, -0.15) is 0 Å². The van der Waals surface area contributed by atoms with Crippen LogP contribution in [0.1, 0.15) is 28.2 Å². The van der Waals surface area contributed by atoms with E-state index in [4.69, 9.17) is 0 Å². The minimum absolute atomic E-state index is 0.243. The van der Waals surface area contributed by atoms with Crippen LogP contribution < -0.4 is 4.90 Å². The summed E-state index contributed by atoms with van der Waals surface area (Å²) < 4.78 is 2.63. The maximum Gasteiger partial charge on any atom is 0.0538 e. The highest BCUT2D eigenvalue weighted by Gasteiger charge is 2.56. The number of benzene rings is 9. The molecule has 0 bridgehead atoms. The standard InChI is InChI=1S/C57H37NS/c1-2-12-43-37(11-1)21-22-39-33-41(28-31-44(39)43)58(42-29-32-56-50(35-42)49-16-6-10-20-55(49)59-56)40-26-23-36(24-27-40)38-25-30-48-47-15-5-9-19-53(47)57(54(48)34-38)51-17-7-3-13-45(51)46-14-4-8-18-52(46)57/h1-35,47,53H. The fraction of sp³-hybridized carbons (Fsp3) is 0.0526. The summed E-state index contributed by atoms with van der Waals surface area (Å²) in [6, 6.07) is 70.7. The van der Waals surface area contributed by atoms with E-state index >= 15 is 0 Å². The van der Waals surface area contributed by atoms with Crippen molar-refractivity contribution in [1.82, 2.24) is 0 Å². The average Bonchev–Trinajstić information content (AvgIpc) is 3.93. The van der Waals surface area contributed by atoms with Crippen LogP contribution >= 0.6 is 11.3 Å². The van der Waals surface area contributed by atoms with Gasteiger partial charge in [-0.15, -0.1) is 11.3 Å². The van der Waals surface area contributed by atoms with Gasteiger partial charge in [0.15, 0.2) is 0 Å². The Labute approximate surface area is 347 Å². The van der Waals surface area contributed by atoms with Crippen molar-refractivity contribution in [2.75, 3.05) is 4.90 Å². The van der Waals surface area contributed by atoms with Crippen molar-refractivity contribution in [1.29, 1.82) is 0 Å². The predicted molar refractivity (Wildman–Crippen MR) is 251 cm³/mol. The van der Waals surface area contributed by atoms with Crippen LogP contribution in [-0.2, 0) is 5.41 Å². The van der Waals surface area contributed by atoms with Gasteiger partial charge >= 0.3 is 0 Å². The normalized spacial score (nSPS) is 16.8. The topological polar surface area (TPSA) is 3.24 Å². The van der Waals surface area contributed by atoms with Gasteiger partial charge < -0.3 is 4.90 Å². The summed E-state index contributed by atoms with van der Waals surface area (Å²) in [6.07, 6.45) is 9.40. The van der Waals surface area contributed by atoms with Gasteiger partial charge in [0.25, 0.3) is 0 Å². The monoisotopic (exact) mass is 767 g/mol. The fourth-order valence-corrected chi connectivity index (χ4v) is 12.1. The third-order valence-corrected chi connectivity index (χ3v) is 14.7. The molecule has 10 aromatic rings. The molecule has 276 valence electrons. The van der Waals surface area contributed by atoms with Crippen molar-refractivity contribution in [3.63, 3.8) is 0 Å². The summed E-state index contributed by atoms with van der Waals surface area (Å²) in [5.74, 6) is 0.646. The van der Waals surface area contributed by atoms with Crippen LogP contribution in [0.5, 0.6) is 0 Å². The van der Waals surface area contributed by atoms with Crippen molar-refractivity contribution in [2.24, 2.45) is 5.92 Å². The number of allylic oxidation sites excluding steroid dienone is 4. The summed E-state index contributed by atoms with van der Waals surface area (Å²) >= 11 is 1.86. The van der Waals surface area contributed by atoms with E-state index in [1.165, 1.54) is 86.2 Å². The van der Waals surface area contributed by atoms with Crippen molar-refractivity contribution < 1.29 is 0 Å². The van der Waals surface area contributed by atoms with Gasteiger partial charge in [0, 0.05) is 49.1 Å². The van der Waals surface area contributed by atoms with Gasteiger partial charge in [-0.3, -0.25) is 0 Å². The molecule has 59 heavy (non-hydrogen) atoms. The molecule has 2 unspecified atom stereocenters. The molecule has 1 spiro atoms. The van der Waals surface area contributed by atoms with Crippen LogP contribution in [0.3, 0.4) is 0 Å². The van der Waals surface area contributed by atoms with Crippen LogP contribution in [0.25, 0.3) is 64.0 Å². The highest BCUT2D eigenvalue weighted by molar-refractivity contribution is 7.25. The second kappa shape index (κ2) is 12.5. The Balaban J connectivity index is 0.961. The van der Waals surface area contributed by atoms with E-state index in [9.17, 15) is 0 Å². The van der Waals surface area contributed by atoms with E-state index in [0.717, 1.165) is 17.1 Å². The highest BCUT2D eigenvalue weighted by Crippen LogP contribution is 2.65. The molecule has 1 nitrogen and oxygen atoms in total. The lowest BCUT2D eigenvalue weighted by atomic mass is 9.65. The van der Waals surface area contributed by atoms with Gasteiger partial charge in [0.05, 0.1) is 5.41 Å². The Morgan fingerprint density at radius 2 is 1.03 bits per heavy atom. The van der Waals surface area contributed by atoms with Gasteiger partial charge in [-0.25, -0.2) is 0 Å². The smallest absolute Gasteiger partial charge is 0.0538 e. The first-order chi connectivity index (χ1) is 29.2. The zero-order valence-electron chi connectivity index (χ0n) is 32.2. The molecule has 0 aliphatic heterocycles. The third kappa shape index (κ3) is 4.67. The number of rotatable bonds is 4. The van der Waals surface area contributed by atoms with Crippen molar-refractivity contribution in [2.45, 2.75) is 11.3 Å². The Hall–Kier alpha value is -7.00. The summed E-state index contributed by atoms with van der Waals surface area (Å²) in [4.78, 5) is 2.43. The van der Waals surface area contributed by atoms with E-state index in [0.29, 0.717) is 11.8 Å². The minimum atomic E-state index is -0.243. The summed E-state index contributed by atoms with van der Waals surface area (Å²) in [7, 11) is 0. The SMILES string of the molecule is C1=CC2c3ccc(-c4ccc(N(c5ccc6c(ccc7ccccc76)c5)c5ccc6sc7ccccc7c6c5)cc4)cc3C3(c4ccccc4-c4ccccc43)C2C=C1. The zero-order valence-corrected chi connectivity index (χ0v) is 33.0. The van der Waals surface area contributed by atoms with Crippen molar-refractivity contribution in [3.05, 3.63) is 235 Å². The van der Waals surface area contributed by atoms with E-state index < -0.39 is 0 Å². The Morgan fingerprint density at radius 3 is 1.88 bits per heavy atom. The average molecular weight is 768 g/mol. The summed E-state index contributed by atoms with van der Waals surface area (Å²) in [5.41, 5.74) is 14.1. The van der Waals surface area contributed by atoms with Crippen LogP contribution in [0.2, 0.25) is 0 Å². The molecule has 3 aliphatic carbocycles. The van der Waals surface area contributed by atoms with Crippen LogP contribution in [0.4, 0.5) is 17.1 Å². The number of hydrogen-bond acceptors (Lipinski definition) is 2. The lowest BCUT2D eigenvalue weighted by molar-refractivity contribution is 0.465. The van der Waals surface area contributed by atoms with Gasteiger partial charge in [-0.1, -0.05) is 158 Å². The molecule has 0 radical (unpaired) electrons. The lowest BCUT2D eigenvalue weighted by Crippen LogP contribution is -2.32. The molecule has 1 heterocycles. The maximum atomic E-state index is 2.52. The second-order valence-electron chi connectivity index (χ2n) is 16.4. The van der Waals surface area contributed by atoms with Crippen molar-refractivity contribution in [3.8, 4) is 22.3 Å². The second-order valence-corrected chi connectivity index (χ2v) is 17.5. The molecule has 13 rings (SSSR count). The number of nitrogens with zero attached hydrogens (tertiary/aromatic N) is 1. The molecule has 1 aromatic heterocycles. The molecule has 0 saturated carbocycles. The fourth-order valence-electron chi connectivity index (χ4n) is 11.0. The predicted octanol–water partition coefficient (Wildman–Crippen LogP) is 15.7. The van der Waals surface area contributed by atoms with E-state index in [1.807, 2.05) is 11.3 Å². The van der Waals surface area contributed by atoms with E-state index in [1.54, 1.807) is 0 Å². The number of fused-ring (bicyclic) bond motifs is 16. The molecular formula is C57H37NS. The van der Waals surface area contributed by atoms with Gasteiger partial charge in [0.2, 0.25) is 0 Å². The largest absolute Gasteiger partial charge is 0.310 e. The molecular weight excluding hydrogens is 731 g/mol. The number of anilines is 3. The van der Waals surface area contributed by atoms with Gasteiger partial charge in [-0.05, 0) is 121 Å². The van der Waals surface area contributed by atoms with Crippen LogP contribution in [-0.4, -0.2) is 0 Å². The molecule has 2 heteroatoms. The Bertz CT molecular complexity index is 3370. The molecule has 0 N–H and O–H groups in total. The number of hydrogen-bond donors (Lipinski definition) is 0. The first-order valence-corrected chi connectivity index (χ1v) is 21.5. The summed E-state index contributed by atoms with van der Waals surface area (Å²) in [6.45, 7) is 0. The highest BCUT2D eigenvalue weighted by atomic mass is 32.1. The first kappa shape index (κ1) is 33.0. The molecule has 3 aliphatic rings. The molecule has 2 atom stereocenters. The molecule has 0 amide bonds. The molecule has 0 fully saturated rings. The third-order valence-electron chi connectivity index (χ3n) is 13.5. The maximum absolute atomic E-state index is 2.52. The quantitative estimate of drug-likeness (QED) is 0.161. The minimum Gasteiger partial charge on any atom is -0.310 e. The lowest BCUT2D eigenvalue weighted by Gasteiger charge is -2.36. The van der Waals surface area contributed by atoms with Crippen LogP contribution in [0, 0.1) is 5.92 Å². The van der Waals surface area contributed by atoms with Gasteiger partial charge in [0.1, 0.15) is 0 Å².